The minimum Gasteiger partial charge on any atom is -0.440 e. The van der Waals surface area contributed by atoms with E-state index in [0.717, 1.165) is 16.8 Å². The molecule has 0 radical (unpaired) electrons. The molecule has 0 aliphatic heterocycles. The van der Waals surface area contributed by atoms with Gasteiger partial charge >= 0.3 is 0 Å². The van der Waals surface area contributed by atoms with E-state index in [1.165, 1.54) is 0 Å². The third-order valence-electron chi connectivity index (χ3n) is 4.25. The molecule has 0 saturated carbocycles. The van der Waals surface area contributed by atoms with Crippen molar-refractivity contribution in [1.29, 1.82) is 0 Å². The summed E-state index contributed by atoms with van der Waals surface area (Å²) in [6.45, 7) is 0. The Morgan fingerprint density at radius 2 is 1.54 bits per heavy atom. The summed E-state index contributed by atoms with van der Waals surface area (Å²) in [7, 11) is 0. The molecule has 0 aliphatic rings. The summed E-state index contributed by atoms with van der Waals surface area (Å²) < 4.78 is 6.05. The third kappa shape index (κ3) is 4.15. The molecule has 28 heavy (non-hydrogen) atoms. The highest BCUT2D eigenvalue weighted by Gasteiger charge is 2.17. The molecular weight excluding hydrogens is 350 g/mol. The minimum absolute atomic E-state index is 0.126. The first-order chi connectivity index (χ1) is 13.8. The van der Waals surface area contributed by atoms with Crippen molar-refractivity contribution in [2.75, 3.05) is 5.32 Å². The van der Waals surface area contributed by atoms with Crippen LogP contribution >= 0.6 is 0 Å². The molecule has 0 unspecified atom stereocenters. The normalized spacial score (nSPS) is 10.6. The number of aromatic nitrogens is 2. The lowest BCUT2D eigenvalue weighted by atomic mass is 10.1. The van der Waals surface area contributed by atoms with Gasteiger partial charge in [-0.1, -0.05) is 66.7 Å². The van der Waals surface area contributed by atoms with E-state index < -0.39 is 0 Å². The SMILES string of the molecule is O=C(CCc1nc(-c2ccccc2)c(-c2ccccc2)o1)Nc1ccccn1. The number of pyridine rings is 1. The number of rotatable bonds is 6. The first-order valence-electron chi connectivity index (χ1n) is 9.11. The first kappa shape index (κ1) is 17.7. The largest absolute Gasteiger partial charge is 0.440 e. The van der Waals surface area contributed by atoms with Crippen LogP contribution in [0.4, 0.5) is 5.82 Å². The predicted molar refractivity (Wildman–Crippen MR) is 109 cm³/mol. The smallest absolute Gasteiger partial charge is 0.226 e. The molecule has 5 heteroatoms. The molecule has 4 aromatic rings. The second kappa shape index (κ2) is 8.31. The van der Waals surface area contributed by atoms with Gasteiger partial charge in [0.2, 0.25) is 5.91 Å². The lowest BCUT2D eigenvalue weighted by Crippen LogP contribution is -2.13. The number of anilines is 1. The van der Waals surface area contributed by atoms with Crippen LogP contribution in [0.15, 0.2) is 89.5 Å². The molecule has 0 aliphatic carbocycles. The van der Waals surface area contributed by atoms with Crippen molar-refractivity contribution in [3.63, 3.8) is 0 Å². The number of hydrogen-bond acceptors (Lipinski definition) is 4. The summed E-state index contributed by atoms with van der Waals surface area (Å²) in [5, 5.41) is 2.78. The quantitative estimate of drug-likeness (QED) is 0.521. The van der Waals surface area contributed by atoms with Gasteiger partial charge in [-0.2, -0.15) is 0 Å². The zero-order valence-corrected chi connectivity index (χ0v) is 15.2. The molecule has 1 amide bonds. The summed E-state index contributed by atoms with van der Waals surface area (Å²) in [4.78, 5) is 21.0. The van der Waals surface area contributed by atoms with Gasteiger partial charge < -0.3 is 9.73 Å². The average molecular weight is 369 g/mol. The van der Waals surface area contributed by atoms with E-state index >= 15 is 0 Å². The van der Waals surface area contributed by atoms with Crippen LogP contribution in [0.5, 0.6) is 0 Å². The van der Waals surface area contributed by atoms with Crippen LogP contribution in [0, 0.1) is 0 Å². The summed E-state index contributed by atoms with van der Waals surface area (Å²) in [6, 6.07) is 25.2. The first-order valence-corrected chi connectivity index (χ1v) is 9.11. The van der Waals surface area contributed by atoms with Gasteiger partial charge in [-0.05, 0) is 12.1 Å². The van der Waals surface area contributed by atoms with Gasteiger partial charge in [0.05, 0.1) is 0 Å². The summed E-state index contributed by atoms with van der Waals surface area (Å²) in [6.07, 6.45) is 2.31. The van der Waals surface area contributed by atoms with Gasteiger partial charge in [0.1, 0.15) is 11.5 Å². The Morgan fingerprint density at radius 3 is 2.21 bits per heavy atom. The highest BCUT2D eigenvalue weighted by atomic mass is 16.4. The van der Waals surface area contributed by atoms with Gasteiger partial charge in [-0.3, -0.25) is 4.79 Å². The molecule has 0 fully saturated rings. The molecule has 2 aromatic heterocycles. The molecule has 0 spiro atoms. The van der Waals surface area contributed by atoms with Crippen LogP contribution < -0.4 is 5.32 Å². The van der Waals surface area contributed by atoms with E-state index in [0.29, 0.717) is 23.9 Å². The minimum atomic E-state index is -0.126. The molecule has 2 aromatic carbocycles. The van der Waals surface area contributed by atoms with Gasteiger partial charge in [-0.25, -0.2) is 9.97 Å². The van der Waals surface area contributed by atoms with Crippen LogP contribution in [0.3, 0.4) is 0 Å². The zero-order valence-electron chi connectivity index (χ0n) is 15.2. The Kier molecular flexibility index (Phi) is 5.24. The fourth-order valence-electron chi connectivity index (χ4n) is 2.91. The van der Waals surface area contributed by atoms with Gasteiger partial charge in [-0.15, -0.1) is 0 Å². The van der Waals surface area contributed by atoms with Gasteiger partial charge in [0, 0.05) is 30.2 Å². The van der Waals surface area contributed by atoms with E-state index in [4.69, 9.17) is 4.42 Å². The van der Waals surface area contributed by atoms with Crippen molar-refractivity contribution >= 4 is 11.7 Å². The Labute approximate surface area is 163 Å². The Morgan fingerprint density at radius 1 is 0.857 bits per heavy atom. The van der Waals surface area contributed by atoms with E-state index in [-0.39, 0.29) is 12.3 Å². The maximum atomic E-state index is 12.2. The molecule has 0 bridgehead atoms. The zero-order chi connectivity index (χ0) is 19.2. The summed E-state index contributed by atoms with van der Waals surface area (Å²) >= 11 is 0. The lowest BCUT2D eigenvalue weighted by Gasteiger charge is -2.02. The number of carbonyl (C=O) groups is 1. The fourth-order valence-corrected chi connectivity index (χ4v) is 2.91. The van der Waals surface area contributed by atoms with Crippen LogP contribution in [0.2, 0.25) is 0 Å². The number of nitrogens with zero attached hydrogens (tertiary/aromatic N) is 2. The second-order valence-electron chi connectivity index (χ2n) is 6.28. The summed E-state index contributed by atoms with van der Waals surface area (Å²) in [5.74, 6) is 1.66. The maximum absolute atomic E-state index is 12.2. The highest BCUT2D eigenvalue weighted by molar-refractivity contribution is 5.89. The van der Waals surface area contributed by atoms with Crippen LogP contribution in [-0.2, 0) is 11.2 Å². The van der Waals surface area contributed by atoms with Crippen molar-refractivity contribution < 1.29 is 9.21 Å². The van der Waals surface area contributed by atoms with Gasteiger partial charge in [0.25, 0.3) is 0 Å². The molecule has 0 atom stereocenters. The number of amides is 1. The molecule has 138 valence electrons. The molecule has 5 nitrogen and oxygen atoms in total. The summed E-state index contributed by atoms with van der Waals surface area (Å²) in [5.41, 5.74) is 2.72. The van der Waals surface area contributed by atoms with E-state index in [9.17, 15) is 4.79 Å². The fraction of sp³-hybridized carbons (Fsp3) is 0.0870. The monoisotopic (exact) mass is 369 g/mol. The number of aryl methyl sites for hydroxylation is 1. The van der Waals surface area contributed by atoms with E-state index in [1.54, 1.807) is 18.3 Å². The van der Waals surface area contributed by atoms with E-state index in [1.807, 2.05) is 66.7 Å². The number of nitrogens with one attached hydrogen (secondary N) is 1. The maximum Gasteiger partial charge on any atom is 0.226 e. The molecule has 0 saturated heterocycles. The van der Waals surface area contributed by atoms with Crippen LogP contribution in [0.25, 0.3) is 22.6 Å². The Bertz CT molecular complexity index is 988. The lowest BCUT2D eigenvalue weighted by molar-refractivity contribution is -0.116. The molecular formula is C23H19N3O2. The third-order valence-corrected chi connectivity index (χ3v) is 4.25. The Hall–Kier alpha value is -3.73. The molecule has 2 heterocycles. The second-order valence-corrected chi connectivity index (χ2v) is 6.28. The van der Waals surface area contributed by atoms with Crippen molar-refractivity contribution in [2.24, 2.45) is 0 Å². The highest BCUT2D eigenvalue weighted by Crippen LogP contribution is 2.32. The number of carbonyl (C=O) groups excluding carboxylic acids is 1. The van der Waals surface area contributed by atoms with E-state index in [2.05, 4.69) is 15.3 Å². The van der Waals surface area contributed by atoms with Crippen molar-refractivity contribution in [3.05, 3.63) is 91.0 Å². The topological polar surface area (TPSA) is 68.0 Å². The molecule has 1 N–H and O–H groups in total. The van der Waals surface area contributed by atoms with Gasteiger partial charge in [0.15, 0.2) is 11.7 Å². The number of hydrogen-bond donors (Lipinski definition) is 1. The number of benzene rings is 2. The predicted octanol–water partition coefficient (Wildman–Crippen LogP) is 4.97. The standard InChI is InChI=1S/C23H19N3O2/c27-20(25-19-13-7-8-16-24-19)14-15-21-26-22(17-9-3-1-4-10-17)23(28-21)18-11-5-2-6-12-18/h1-13,16H,14-15H2,(H,24,25,27). The van der Waals surface area contributed by atoms with Crippen LogP contribution in [0.1, 0.15) is 12.3 Å². The average Bonchev–Trinajstić information content (AvgIpc) is 3.19. The van der Waals surface area contributed by atoms with Crippen molar-refractivity contribution in [3.8, 4) is 22.6 Å². The van der Waals surface area contributed by atoms with Crippen molar-refractivity contribution in [2.45, 2.75) is 12.8 Å². The van der Waals surface area contributed by atoms with Crippen molar-refractivity contribution in [1.82, 2.24) is 9.97 Å². The Balaban J connectivity index is 1.55. The molecule has 4 rings (SSSR count). The van der Waals surface area contributed by atoms with Crippen LogP contribution in [-0.4, -0.2) is 15.9 Å². The number of oxazole rings is 1.